The van der Waals surface area contributed by atoms with E-state index >= 15 is 0 Å². The van der Waals surface area contributed by atoms with Crippen LogP contribution in [-0.4, -0.2) is 23.9 Å². The van der Waals surface area contributed by atoms with Crippen LogP contribution < -0.4 is 14.8 Å². The van der Waals surface area contributed by atoms with Crippen LogP contribution in [0.1, 0.15) is 81.5 Å². The maximum Gasteiger partial charge on any atom is 4.00 e. The van der Waals surface area contributed by atoms with Crippen molar-refractivity contribution in [2.45, 2.75) is 59.3 Å². The summed E-state index contributed by atoms with van der Waals surface area (Å²) in [6, 6.07) is 28.8. The Balaban J connectivity index is 0.000000243. The number of hydrogen-bond acceptors (Lipinski definition) is 5. The van der Waals surface area contributed by atoms with E-state index in [-0.39, 0.29) is 21.1 Å². The van der Waals surface area contributed by atoms with Crippen LogP contribution >= 0.6 is 0 Å². The summed E-state index contributed by atoms with van der Waals surface area (Å²) in [7, 11) is 4.09. The van der Waals surface area contributed by atoms with Gasteiger partial charge in [-0.1, -0.05) is 84.0 Å². The Bertz CT molecular complexity index is 1970. The van der Waals surface area contributed by atoms with Crippen LogP contribution in [0.5, 0.6) is 0 Å². The average molecular weight is 828 g/mol. The Morgan fingerprint density at radius 2 is 1.22 bits per heavy atom. The molecule has 0 fully saturated rings. The molecule has 5 aromatic rings. The predicted molar refractivity (Wildman–Crippen MR) is 200 cm³/mol. The summed E-state index contributed by atoms with van der Waals surface area (Å²) in [5.74, 6) is 1.37. The molecule has 3 heterocycles. The zero-order chi connectivity index (χ0) is 34.1. The van der Waals surface area contributed by atoms with Crippen molar-refractivity contribution in [3.63, 3.8) is 0 Å². The molecule has 6 nitrogen and oxygen atoms in total. The van der Waals surface area contributed by atoms with Crippen LogP contribution in [0.4, 0.5) is 11.4 Å². The van der Waals surface area contributed by atoms with E-state index in [1.165, 1.54) is 27.8 Å². The van der Waals surface area contributed by atoms with Crippen LogP contribution in [0.3, 0.4) is 0 Å². The third-order valence-corrected chi connectivity index (χ3v) is 8.92. The number of aromatic nitrogens is 1. The zero-order valence-electron chi connectivity index (χ0n) is 29.5. The number of benzene rings is 4. The second-order valence-corrected chi connectivity index (χ2v) is 13.6. The molecule has 1 aromatic heterocycles. The first-order chi connectivity index (χ1) is 23.0. The van der Waals surface area contributed by atoms with Gasteiger partial charge in [-0.15, -0.1) is 46.2 Å². The quantitative estimate of drug-likeness (QED) is 0.159. The van der Waals surface area contributed by atoms with Crippen LogP contribution in [0.2, 0.25) is 0 Å². The molecule has 0 N–H and O–H groups in total. The van der Waals surface area contributed by atoms with E-state index in [9.17, 15) is 0 Å². The largest absolute Gasteiger partial charge is 4.00 e. The fourth-order valence-electron chi connectivity index (χ4n) is 6.28. The predicted octanol–water partition coefficient (Wildman–Crippen LogP) is 10.0. The van der Waals surface area contributed by atoms with Gasteiger partial charge in [0.1, 0.15) is 0 Å². The smallest absolute Gasteiger partial charge is 0.657 e. The first kappa shape index (κ1) is 35.8. The second kappa shape index (κ2) is 15.0. The molecule has 0 saturated carbocycles. The maximum atomic E-state index is 8.84. The Labute approximate surface area is 306 Å². The van der Waals surface area contributed by atoms with E-state index in [0.29, 0.717) is 23.3 Å². The van der Waals surface area contributed by atoms with Crippen LogP contribution in [0, 0.1) is 30.7 Å². The monoisotopic (exact) mass is 827 g/mol. The van der Waals surface area contributed by atoms with Gasteiger partial charge < -0.3 is 24.6 Å². The van der Waals surface area contributed by atoms with E-state index in [1.54, 1.807) is 6.07 Å². The minimum Gasteiger partial charge on any atom is -0.657 e. The van der Waals surface area contributed by atoms with Gasteiger partial charge in [-0.2, -0.15) is 18.6 Å². The maximum absolute atomic E-state index is 8.84. The van der Waals surface area contributed by atoms with Crippen LogP contribution in [0.25, 0.3) is 32.9 Å². The Kier molecular flexibility index (Phi) is 10.9. The molecule has 0 amide bonds. The summed E-state index contributed by atoms with van der Waals surface area (Å²) in [4.78, 5) is 12.9. The molecule has 252 valence electrons. The van der Waals surface area contributed by atoms with Crippen LogP contribution in [0.15, 0.2) is 91.5 Å². The third kappa shape index (κ3) is 7.58. The number of hydrogen-bond donors (Lipinski definition) is 0. The van der Waals surface area contributed by atoms with Crippen molar-refractivity contribution in [2.75, 3.05) is 23.9 Å². The second-order valence-electron chi connectivity index (χ2n) is 13.6. The molecule has 0 spiro atoms. The minimum absolute atomic E-state index is 0. The van der Waals surface area contributed by atoms with Crippen molar-refractivity contribution in [3.05, 3.63) is 133 Å². The SMILES string of the molecule is CC(C)c1cc(C(C)C)c(-c2cc(N3C=CN(C)[CH-]3)[c-]c(N3C=CN(C)[CH-]3)c2)c(C(C)C)c1.N#Cc1ccc2[n-]c3ccccc3c2c1.[Pt+4]. The van der Waals surface area contributed by atoms with Crippen molar-refractivity contribution in [1.29, 1.82) is 5.26 Å². The summed E-state index contributed by atoms with van der Waals surface area (Å²) >= 11 is 0. The summed E-state index contributed by atoms with van der Waals surface area (Å²) in [6.45, 7) is 18.0. The normalized spacial score (nSPS) is 14.0. The molecule has 2 aliphatic heterocycles. The van der Waals surface area contributed by atoms with Crippen molar-refractivity contribution in [2.24, 2.45) is 0 Å². The van der Waals surface area contributed by atoms with Gasteiger partial charge in [0.2, 0.25) is 0 Å². The standard InChI is InChI=1S/C29H37N4.C13H7N2.Pt/c1-20(2)23-15-27(21(3)4)29(28(16-23)22(5)6)24-13-25(32-11-9-30(7)18-32)17-26(14-24)33-12-10-31(8)19-33;14-8-9-5-6-13-11(7-9)10-3-1-2-4-12(10)15-13;/h9-16,18-22H,1-8H3;1-7H;/q-3;-1;+4. The summed E-state index contributed by atoms with van der Waals surface area (Å²) in [6.07, 6.45) is 8.30. The molecule has 0 atom stereocenters. The summed E-state index contributed by atoms with van der Waals surface area (Å²) < 4.78 is 0. The first-order valence-corrected chi connectivity index (χ1v) is 16.7. The molecule has 2 aliphatic rings. The van der Waals surface area contributed by atoms with Crippen molar-refractivity contribution in [3.8, 4) is 17.2 Å². The van der Waals surface area contributed by atoms with Crippen molar-refractivity contribution < 1.29 is 21.1 Å². The van der Waals surface area contributed by atoms with E-state index in [2.05, 4.69) is 141 Å². The van der Waals surface area contributed by atoms with Crippen molar-refractivity contribution >= 4 is 33.2 Å². The fraction of sp³-hybridized carbons (Fsp3) is 0.262. The van der Waals surface area contributed by atoms with Gasteiger partial charge in [0.05, 0.1) is 11.6 Å². The van der Waals surface area contributed by atoms with Gasteiger partial charge in [-0.05, 0) is 102 Å². The zero-order valence-corrected chi connectivity index (χ0v) is 31.8. The number of para-hydroxylation sites is 1. The summed E-state index contributed by atoms with van der Waals surface area (Å²) in [5, 5.41) is 11.0. The Hall–Kier alpha value is -4.46. The topological polar surface area (TPSA) is 50.9 Å². The number of rotatable bonds is 6. The van der Waals surface area contributed by atoms with Crippen LogP contribution in [-0.2, 0) is 21.1 Å². The summed E-state index contributed by atoms with van der Waals surface area (Å²) in [5.41, 5.74) is 11.6. The van der Waals surface area contributed by atoms with E-state index in [0.717, 1.165) is 33.2 Å². The molecular weight excluding hydrogens is 784 g/mol. The van der Waals surface area contributed by atoms with E-state index < -0.39 is 0 Å². The number of nitriles is 1. The van der Waals surface area contributed by atoms with Crippen molar-refractivity contribution in [1.82, 2.24) is 14.8 Å². The van der Waals surface area contributed by atoms with Gasteiger partial charge in [0, 0.05) is 0 Å². The van der Waals surface area contributed by atoms with Gasteiger partial charge in [0.25, 0.3) is 0 Å². The molecule has 0 radical (unpaired) electrons. The van der Waals surface area contributed by atoms with Gasteiger partial charge in [0.15, 0.2) is 0 Å². The molecule has 0 aliphatic carbocycles. The van der Waals surface area contributed by atoms with E-state index in [1.807, 2.05) is 50.5 Å². The molecule has 7 rings (SSSR count). The minimum atomic E-state index is 0. The van der Waals surface area contributed by atoms with Gasteiger partial charge in [-0.25, -0.2) is 0 Å². The molecular formula is C42H44N6Pt. The van der Waals surface area contributed by atoms with Gasteiger partial charge in [-0.3, -0.25) is 0 Å². The molecule has 0 unspecified atom stereocenters. The number of anilines is 2. The van der Waals surface area contributed by atoms with Gasteiger partial charge >= 0.3 is 21.1 Å². The Morgan fingerprint density at radius 1 is 0.673 bits per heavy atom. The molecule has 49 heavy (non-hydrogen) atoms. The molecule has 7 heteroatoms. The number of nitrogens with zero attached hydrogens (tertiary/aromatic N) is 6. The third-order valence-electron chi connectivity index (χ3n) is 8.92. The molecule has 4 aromatic carbocycles. The Morgan fingerprint density at radius 3 is 1.71 bits per heavy atom. The molecule has 0 saturated heterocycles. The molecule has 0 bridgehead atoms. The average Bonchev–Trinajstić information content (AvgIpc) is 3.81. The number of fused-ring (bicyclic) bond motifs is 3. The first-order valence-electron chi connectivity index (χ1n) is 16.7. The fourth-order valence-corrected chi connectivity index (χ4v) is 6.28. The van der Waals surface area contributed by atoms with E-state index in [4.69, 9.17) is 5.26 Å².